The third kappa shape index (κ3) is 11.6. The van der Waals surface area contributed by atoms with Crippen LogP contribution in [0.2, 0.25) is 0 Å². The zero-order chi connectivity index (χ0) is 34.4. The number of carbonyl (C=O) groups excluding carboxylic acids is 2. The number of hydrogen-bond donors (Lipinski definition) is 1. The van der Waals surface area contributed by atoms with Crippen LogP contribution in [0, 0.1) is 6.92 Å². The Morgan fingerprint density at radius 1 is 0.867 bits per heavy atom. The van der Waals surface area contributed by atoms with Gasteiger partial charge >= 0.3 is 28.3 Å². The van der Waals surface area contributed by atoms with E-state index >= 15 is 0 Å². The summed E-state index contributed by atoms with van der Waals surface area (Å²) in [4.78, 5) is 33.8. The summed E-state index contributed by atoms with van der Waals surface area (Å²) >= 11 is 0. The van der Waals surface area contributed by atoms with Crippen molar-refractivity contribution in [2.45, 2.75) is 75.9 Å². The molecular formula is C29H42N3O11S2+. The van der Waals surface area contributed by atoms with Gasteiger partial charge in [-0.15, -0.1) is 4.99 Å². The van der Waals surface area contributed by atoms with E-state index in [1.54, 1.807) is 54.5 Å². The van der Waals surface area contributed by atoms with Gasteiger partial charge in [0.1, 0.15) is 41.3 Å². The van der Waals surface area contributed by atoms with Crippen LogP contribution in [0.5, 0.6) is 11.5 Å². The van der Waals surface area contributed by atoms with E-state index in [2.05, 4.69) is 4.99 Å². The van der Waals surface area contributed by atoms with Crippen LogP contribution < -0.4 is 14.7 Å². The minimum atomic E-state index is -4.51. The number of nitrogens with zero attached hydrogens (tertiary/aromatic N) is 2. The van der Waals surface area contributed by atoms with Crippen molar-refractivity contribution >= 4 is 38.1 Å². The Kier molecular flexibility index (Phi) is 11.8. The molecule has 0 heterocycles. The average molecular weight is 673 g/mol. The van der Waals surface area contributed by atoms with Gasteiger partial charge in [0.2, 0.25) is 0 Å². The number of hydrogen-bond acceptors (Lipinski definition) is 11. The average Bonchev–Trinajstić information content (AvgIpc) is 2.85. The van der Waals surface area contributed by atoms with Crippen molar-refractivity contribution in [3.05, 3.63) is 48.0 Å². The topological polar surface area (TPSA) is 187 Å². The van der Waals surface area contributed by atoms with Crippen LogP contribution in [0.4, 0.5) is 9.59 Å². The molecule has 0 saturated heterocycles. The van der Waals surface area contributed by atoms with Crippen LogP contribution in [-0.4, -0.2) is 77.3 Å². The van der Waals surface area contributed by atoms with E-state index in [0.717, 1.165) is 12.3 Å². The molecule has 2 aromatic carbocycles. The van der Waals surface area contributed by atoms with Gasteiger partial charge in [0.25, 0.3) is 0 Å². The Morgan fingerprint density at radius 2 is 1.42 bits per heavy atom. The molecule has 2 rings (SSSR count). The highest BCUT2D eigenvalue weighted by Crippen LogP contribution is 2.28. The fraction of sp³-hybridized carbons (Fsp3) is 0.483. The van der Waals surface area contributed by atoms with Crippen LogP contribution in [0.15, 0.2) is 57.2 Å². The lowest BCUT2D eigenvalue weighted by atomic mass is 10.2. The van der Waals surface area contributed by atoms with E-state index in [1.807, 2.05) is 0 Å². The number of benzene rings is 2. The van der Waals surface area contributed by atoms with Crippen LogP contribution in [-0.2, 0) is 34.3 Å². The molecule has 0 saturated carbocycles. The third-order valence-electron chi connectivity index (χ3n) is 5.43. The molecule has 0 fully saturated rings. The molecular weight excluding hydrogens is 630 g/mol. The van der Waals surface area contributed by atoms with Gasteiger partial charge in [-0.1, -0.05) is 12.1 Å². The van der Waals surface area contributed by atoms with Crippen LogP contribution in [0.1, 0.15) is 53.5 Å². The lowest BCUT2D eigenvalue weighted by Crippen LogP contribution is -2.59. The van der Waals surface area contributed by atoms with Gasteiger partial charge in [0.05, 0.1) is 11.5 Å². The number of ether oxygens (including phenoxy) is 3. The minimum absolute atomic E-state index is 0.0456. The number of sulfone groups is 1. The van der Waals surface area contributed by atoms with E-state index < -0.39 is 58.8 Å². The SMILES string of the molecule is Cc1cc(OCCCO[N+](C)(C(=O)OC(C)(C)C)C(N)=NC(=O)OC(C)(C)C)cc(OS(=O)(=O)c2ccccc2S(C)(=O)=O)c1. The van der Waals surface area contributed by atoms with Crippen molar-refractivity contribution in [2.75, 3.05) is 26.5 Å². The van der Waals surface area contributed by atoms with Gasteiger partial charge in [-0.25, -0.2) is 13.2 Å². The molecule has 0 aliphatic rings. The van der Waals surface area contributed by atoms with E-state index in [0.29, 0.717) is 5.56 Å². The summed E-state index contributed by atoms with van der Waals surface area (Å²) < 4.78 is 70.7. The summed E-state index contributed by atoms with van der Waals surface area (Å²) in [5.74, 6) is -0.351. The second-order valence-corrected chi connectivity index (χ2v) is 15.6. The number of carbonyl (C=O) groups is 2. The molecule has 45 heavy (non-hydrogen) atoms. The van der Waals surface area contributed by atoms with E-state index in [-0.39, 0.29) is 36.0 Å². The molecule has 1 unspecified atom stereocenters. The molecule has 250 valence electrons. The summed E-state index contributed by atoms with van der Waals surface area (Å²) in [5.41, 5.74) is 4.88. The normalized spacial score (nSPS) is 14.3. The number of amides is 2. The Labute approximate surface area is 264 Å². The number of nitrogens with two attached hydrogens (primary N) is 1. The maximum Gasteiger partial charge on any atom is 0.558 e. The predicted molar refractivity (Wildman–Crippen MR) is 165 cm³/mol. The number of aryl methyl sites for hydroxylation is 1. The molecule has 16 heteroatoms. The summed E-state index contributed by atoms with van der Waals surface area (Å²) in [6, 6.07) is 9.55. The first-order valence-electron chi connectivity index (χ1n) is 13.7. The first-order chi connectivity index (χ1) is 20.4. The van der Waals surface area contributed by atoms with E-state index in [1.165, 1.54) is 37.4 Å². The number of quaternary nitrogens is 1. The number of rotatable bonds is 10. The van der Waals surface area contributed by atoms with Gasteiger partial charge in [-0.05, 0) is 82.9 Å². The van der Waals surface area contributed by atoms with Gasteiger partial charge < -0.3 is 24.1 Å². The number of hydroxylamine groups is 3. The summed E-state index contributed by atoms with van der Waals surface area (Å²) in [7, 11) is -7.09. The van der Waals surface area contributed by atoms with Crippen molar-refractivity contribution in [3.63, 3.8) is 0 Å². The highest BCUT2D eigenvalue weighted by atomic mass is 32.2. The molecule has 14 nitrogen and oxygen atoms in total. The molecule has 0 aliphatic heterocycles. The molecule has 1 atom stereocenters. The monoisotopic (exact) mass is 672 g/mol. The molecule has 2 amide bonds. The van der Waals surface area contributed by atoms with Crippen LogP contribution in [0.25, 0.3) is 0 Å². The fourth-order valence-corrected chi connectivity index (χ4v) is 6.03. The Hall–Kier alpha value is -3.73. The molecule has 0 spiro atoms. The summed E-state index contributed by atoms with van der Waals surface area (Å²) in [6.07, 6.45) is -0.826. The molecule has 2 aromatic rings. The lowest BCUT2D eigenvalue weighted by Gasteiger charge is -2.29. The zero-order valence-corrected chi connectivity index (χ0v) is 28.6. The maximum absolute atomic E-state index is 13.0. The lowest BCUT2D eigenvalue weighted by molar-refractivity contribution is -0.960. The van der Waals surface area contributed by atoms with Crippen molar-refractivity contribution < 1.29 is 54.3 Å². The maximum atomic E-state index is 13.0. The quantitative estimate of drug-likeness (QED) is 0.0931. The van der Waals surface area contributed by atoms with Gasteiger partial charge in [-0.2, -0.15) is 18.0 Å². The summed E-state index contributed by atoms with van der Waals surface area (Å²) in [6.45, 7) is 11.5. The second kappa shape index (κ2) is 14.1. The minimum Gasteiger partial charge on any atom is -0.493 e. The highest BCUT2D eigenvalue weighted by Gasteiger charge is 2.45. The largest absolute Gasteiger partial charge is 0.558 e. The van der Waals surface area contributed by atoms with E-state index in [9.17, 15) is 26.4 Å². The van der Waals surface area contributed by atoms with Crippen molar-refractivity contribution in [2.24, 2.45) is 10.7 Å². The first kappa shape index (κ1) is 37.5. The van der Waals surface area contributed by atoms with Gasteiger partial charge in [-0.3, -0.25) is 0 Å². The Morgan fingerprint density at radius 3 is 1.98 bits per heavy atom. The Bertz CT molecular complexity index is 1640. The number of guanidine groups is 1. The van der Waals surface area contributed by atoms with Crippen LogP contribution >= 0.6 is 0 Å². The van der Waals surface area contributed by atoms with Crippen molar-refractivity contribution in [1.29, 1.82) is 0 Å². The Balaban J connectivity index is 2.15. The first-order valence-corrected chi connectivity index (χ1v) is 17.0. The standard InChI is InChI=1S/C29H41N3O11S2/c1-20-17-21(19-22(18-20)43-45(37,38)24-14-11-10-13-23(24)44(9,35)36)39-15-12-16-40-32(8,27(34)42-29(5,6)7)25(30)31-26(33)41-28(2,3)4/h10-11,13-14,17-19H,12,15-16H2,1-9H3,(H-,30,31,33)/p+1. The molecule has 0 aromatic heterocycles. The molecule has 0 radical (unpaired) electrons. The smallest absolute Gasteiger partial charge is 0.493 e. The molecule has 0 bridgehead atoms. The third-order valence-corrected chi connectivity index (χ3v) is 8.02. The van der Waals surface area contributed by atoms with Crippen LogP contribution in [0.3, 0.4) is 0 Å². The van der Waals surface area contributed by atoms with E-state index in [4.69, 9.17) is 29.0 Å². The summed E-state index contributed by atoms with van der Waals surface area (Å²) in [5, 5.41) is 0. The number of aliphatic imine (C=N–C) groups is 1. The predicted octanol–water partition coefficient (Wildman–Crippen LogP) is 4.50. The molecule has 0 aliphatic carbocycles. The van der Waals surface area contributed by atoms with Gasteiger partial charge in [0.15, 0.2) is 9.84 Å². The zero-order valence-electron chi connectivity index (χ0n) is 26.9. The molecule has 2 N–H and O–H groups in total. The van der Waals surface area contributed by atoms with Crippen molar-refractivity contribution in [3.8, 4) is 11.5 Å². The highest BCUT2D eigenvalue weighted by molar-refractivity contribution is 7.92. The van der Waals surface area contributed by atoms with Gasteiger partial charge in [0, 0.05) is 18.7 Å². The second-order valence-electron chi connectivity index (χ2n) is 12.1. The fourth-order valence-electron chi connectivity index (χ4n) is 3.51. The van der Waals surface area contributed by atoms with Crippen molar-refractivity contribution in [1.82, 2.24) is 0 Å².